The van der Waals surface area contributed by atoms with Crippen LogP contribution in [0.15, 0.2) is 28.6 Å². The van der Waals surface area contributed by atoms with Crippen molar-refractivity contribution < 1.29 is 4.79 Å². The molecule has 0 saturated heterocycles. The number of hydrogen-bond donors (Lipinski definition) is 1. The minimum Gasteiger partial charge on any atom is -0.305 e. The van der Waals surface area contributed by atoms with Crippen molar-refractivity contribution in [3.05, 3.63) is 45.3 Å². The van der Waals surface area contributed by atoms with Gasteiger partial charge in [-0.05, 0) is 18.6 Å². The predicted octanol–water partition coefficient (Wildman–Crippen LogP) is 1.12. The van der Waals surface area contributed by atoms with E-state index in [-0.39, 0.29) is 18.0 Å². The quantitative estimate of drug-likeness (QED) is 0.908. The molecule has 0 bridgehead atoms. The van der Waals surface area contributed by atoms with Crippen molar-refractivity contribution in [1.29, 1.82) is 5.26 Å². The SMILES string of the molecule is Cc1ccn(CC(=O)Nc2nccs2)c(=O)c1C#N. The Morgan fingerprint density at radius 1 is 1.63 bits per heavy atom. The highest BCUT2D eigenvalue weighted by atomic mass is 32.1. The summed E-state index contributed by atoms with van der Waals surface area (Å²) < 4.78 is 1.20. The molecule has 0 aliphatic carbocycles. The Balaban J connectivity index is 2.18. The third-order valence-corrected chi connectivity index (χ3v) is 3.17. The highest BCUT2D eigenvalue weighted by Gasteiger charge is 2.10. The second-order valence-electron chi connectivity index (χ2n) is 3.80. The maximum Gasteiger partial charge on any atom is 0.269 e. The molecule has 0 saturated carbocycles. The van der Waals surface area contributed by atoms with Crippen LogP contribution in [0.1, 0.15) is 11.1 Å². The first-order valence-electron chi connectivity index (χ1n) is 5.41. The van der Waals surface area contributed by atoms with Crippen LogP contribution in [0.25, 0.3) is 0 Å². The van der Waals surface area contributed by atoms with Gasteiger partial charge in [0.25, 0.3) is 5.56 Å². The maximum atomic E-state index is 11.9. The summed E-state index contributed by atoms with van der Waals surface area (Å²) >= 11 is 1.29. The number of nitrogens with zero attached hydrogens (tertiary/aromatic N) is 3. The largest absolute Gasteiger partial charge is 0.305 e. The average molecular weight is 274 g/mol. The summed E-state index contributed by atoms with van der Waals surface area (Å²) in [5, 5.41) is 13.7. The molecule has 1 amide bonds. The lowest BCUT2D eigenvalue weighted by molar-refractivity contribution is -0.116. The highest BCUT2D eigenvalue weighted by molar-refractivity contribution is 7.13. The number of amides is 1. The summed E-state index contributed by atoms with van der Waals surface area (Å²) in [5.74, 6) is -0.357. The first kappa shape index (κ1) is 13.0. The molecule has 2 aromatic heterocycles. The number of pyridine rings is 1. The molecule has 0 aliphatic heterocycles. The van der Waals surface area contributed by atoms with Crippen molar-refractivity contribution >= 4 is 22.4 Å². The van der Waals surface area contributed by atoms with E-state index in [0.717, 1.165) is 0 Å². The number of rotatable bonds is 3. The molecular formula is C12H10N4O2S. The standard InChI is InChI=1S/C12H10N4O2S/c1-8-2-4-16(11(18)9(8)6-13)7-10(17)15-12-14-3-5-19-12/h2-5H,7H2,1H3,(H,14,15,17). The number of anilines is 1. The molecule has 96 valence electrons. The van der Waals surface area contributed by atoms with Crippen molar-refractivity contribution in [3.8, 4) is 6.07 Å². The van der Waals surface area contributed by atoms with E-state index in [9.17, 15) is 9.59 Å². The number of carbonyl (C=O) groups is 1. The number of hydrogen-bond acceptors (Lipinski definition) is 5. The Labute approximate surface area is 113 Å². The normalized spacial score (nSPS) is 9.89. The van der Waals surface area contributed by atoms with Gasteiger partial charge in [0.05, 0.1) is 0 Å². The molecule has 0 spiro atoms. The molecule has 0 aromatic carbocycles. The molecule has 0 radical (unpaired) electrons. The van der Waals surface area contributed by atoms with Gasteiger partial charge in [0.15, 0.2) is 5.13 Å². The first-order chi connectivity index (χ1) is 9.11. The summed E-state index contributed by atoms with van der Waals surface area (Å²) in [6, 6.07) is 3.48. The van der Waals surface area contributed by atoms with Crippen LogP contribution in [0.2, 0.25) is 0 Å². The van der Waals surface area contributed by atoms with Crippen molar-refractivity contribution in [3.63, 3.8) is 0 Å². The molecule has 0 fully saturated rings. The molecule has 19 heavy (non-hydrogen) atoms. The second kappa shape index (κ2) is 5.46. The molecule has 0 unspecified atom stereocenters. The molecule has 2 aromatic rings. The minimum atomic E-state index is -0.461. The van der Waals surface area contributed by atoms with E-state index < -0.39 is 5.56 Å². The minimum absolute atomic E-state index is 0.0598. The van der Waals surface area contributed by atoms with Gasteiger partial charge in [-0.2, -0.15) is 5.26 Å². The Kier molecular flexibility index (Phi) is 3.73. The third-order valence-electron chi connectivity index (χ3n) is 2.48. The van der Waals surface area contributed by atoms with Gasteiger partial charge >= 0.3 is 0 Å². The van der Waals surface area contributed by atoms with Crippen LogP contribution in [0.5, 0.6) is 0 Å². The van der Waals surface area contributed by atoms with Gasteiger partial charge in [-0.25, -0.2) is 4.98 Å². The van der Waals surface area contributed by atoms with Crippen LogP contribution in [-0.4, -0.2) is 15.5 Å². The fourth-order valence-electron chi connectivity index (χ4n) is 1.52. The van der Waals surface area contributed by atoms with E-state index in [1.54, 1.807) is 24.6 Å². The number of nitriles is 1. The first-order valence-corrected chi connectivity index (χ1v) is 6.29. The van der Waals surface area contributed by atoms with Crippen LogP contribution < -0.4 is 10.9 Å². The summed E-state index contributed by atoms with van der Waals surface area (Å²) in [6.45, 7) is 1.54. The third kappa shape index (κ3) is 2.86. The summed E-state index contributed by atoms with van der Waals surface area (Å²) in [6.07, 6.45) is 3.08. The van der Waals surface area contributed by atoms with Gasteiger partial charge in [0.2, 0.25) is 5.91 Å². The van der Waals surface area contributed by atoms with Gasteiger partial charge in [-0.3, -0.25) is 9.59 Å². The highest BCUT2D eigenvalue weighted by Crippen LogP contribution is 2.10. The van der Waals surface area contributed by atoms with Gasteiger partial charge in [-0.15, -0.1) is 11.3 Å². The smallest absolute Gasteiger partial charge is 0.269 e. The summed E-state index contributed by atoms with van der Waals surface area (Å²) in [5.41, 5.74) is 0.199. The number of nitrogens with one attached hydrogen (secondary N) is 1. The van der Waals surface area contributed by atoms with E-state index in [2.05, 4.69) is 10.3 Å². The van der Waals surface area contributed by atoms with Gasteiger partial charge in [0, 0.05) is 17.8 Å². The Morgan fingerprint density at radius 3 is 3.05 bits per heavy atom. The Hall–Kier alpha value is -2.46. The van der Waals surface area contributed by atoms with Crippen LogP contribution in [-0.2, 0) is 11.3 Å². The lowest BCUT2D eigenvalue weighted by Gasteiger charge is -2.06. The lowest BCUT2D eigenvalue weighted by Crippen LogP contribution is -2.29. The predicted molar refractivity (Wildman–Crippen MR) is 70.9 cm³/mol. The molecule has 7 heteroatoms. The van der Waals surface area contributed by atoms with Crippen LogP contribution >= 0.6 is 11.3 Å². The van der Waals surface area contributed by atoms with Crippen molar-refractivity contribution in [2.45, 2.75) is 13.5 Å². The summed E-state index contributed by atoms with van der Waals surface area (Å²) in [4.78, 5) is 27.6. The lowest BCUT2D eigenvalue weighted by atomic mass is 10.2. The van der Waals surface area contributed by atoms with E-state index in [1.165, 1.54) is 22.1 Å². The van der Waals surface area contributed by atoms with E-state index in [0.29, 0.717) is 10.7 Å². The van der Waals surface area contributed by atoms with Crippen LogP contribution in [0, 0.1) is 18.3 Å². The number of aryl methyl sites for hydroxylation is 1. The van der Waals surface area contributed by atoms with Crippen molar-refractivity contribution in [2.24, 2.45) is 0 Å². The average Bonchev–Trinajstić information content (AvgIpc) is 2.86. The molecule has 2 rings (SSSR count). The zero-order chi connectivity index (χ0) is 13.8. The van der Waals surface area contributed by atoms with Crippen LogP contribution in [0.4, 0.5) is 5.13 Å². The number of thiazole rings is 1. The van der Waals surface area contributed by atoms with Gasteiger partial charge in [0.1, 0.15) is 18.2 Å². The monoisotopic (exact) mass is 274 g/mol. The number of aromatic nitrogens is 2. The maximum absolute atomic E-state index is 11.9. The zero-order valence-electron chi connectivity index (χ0n) is 10.1. The number of carbonyl (C=O) groups excluding carboxylic acids is 1. The molecular weight excluding hydrogens is 264 g/mol. The molecule has 0 aliphatic rings. The fraction of sp³-hybridized carbons (Fsp3) is 0.167. The molecule has 6 nitrogen and oxygen atoms in total. The van der Waals surface area contributed by atoms with E-state index in [4.69, 9.17) is 5.26 Å². The van der Waals surface area contributed by atoms with E-state index in [1.807, 2.05) is 6.07 Å². The Morgan fingerprint density at radius 2 is 2.42 bits per heavy atom. The fourth-order valence-corrected chi connectivity index (χ4v) is 2.07. The van der Waals surface area contributed by atoms with Crippen molar-refractivity contribution in [2.75, 3.05) is 5.32 Å². The van der Waals surface area contributed by atoms with Gasteiger partial charge < -0.3 is 9.88 Å². The molecule has 2 heterocycles. The molecule has 1 N–H and O–H groups in total. The second-order valence-corrected chi connectivity index (χ2v) is 4.70. The summed E-state index contributed by atoms with van der Waals surface area (Å²) in [7, 11) is 0. The van der Waals surface area contributed by atoms with Gasteiger partial charge in [-0.1, -0.05) is 0 Å². The topological polar surface area (TPSA) is 87.8 Å². The Bertz CT molecular complexity index is 698. The van der Waals surface area contributed by atoms with Crippen LogP contribution in [0.3, 0.4) is 0 Å². The zero-order valence-corrected chi connectivity index (χ0v) is 10.9. The van der Waals surface area contributed by atoms with E-state index >= 15 is 0 Å². The molecule has 0 atom stereocenters. The van der Waals surface area contributed by atoms with Crippen molar-refractivity contribution in [1.82, 2.24) is 9.55 Å².